The van der Waals surface area contributed by atoms with E-state index in [2.05, 4.69) is 25.9 Å². The van der Waals surface area contributed by atoms with Gasteiger partial charge in [-0.05, 0) is 35.4 Å². The van der Waals surface area contributed by atoms with Gasteiger partial charge in [0.15, 0.2) is 0 Å². The normalized spacial score (nSPS) is 12.8. The molecular formula is C14H11BrFN3O. The number of halogens is 2. The van der Waals surface area contributed by atoms with Crippen molar-refractivity contribution in [3.8, 4) is 0 Å². The van der Waals surface area contributed by atoms with E-state index in [1.165, 1.54) is 12.1 Å². The number of H-pyrrole nitrogens is 2. The molecule has 1 aromatic heterocycles. The van der Waals surface area contributed by atoms with Gasteiger partial charge in [0, 0.05) is 4.47 Å². The zero-order valence-electron chi connectivity index (χ0n) is 10.3. The molecule has 20 heavy (non-hydrogen) atoms. The summed E-state index contributed by atoms with van der Waals surface area (Å²) in [7, 11) is 0. The minimum Gasteiger partial charge on any atom is -0.320 e. The fourth-order valence-electron chi connectivity index (χ4n) is 2.16. The van der Waals surface area contributed by atoms with Gasteiger partial charge in [-0.25, -0.2) is 9.18 Å². The third kappa shape index (κ3) is 2.28. The summed E-state index contributed by atoms with van der Waals surface area (Å²) in [4.78, 5) is 16.7. The van der Waals surface area contributed by atoms with E-state index in [0.717, 1.165) is 15.6 Å². The number of aromatic nitrogens is 2. The molecule has 3 rings (SSSR count). The average Bonchev–Trinajstić information content (AvgIpc) is 2.77. The number of hydrogen-bond acceptors (Lipinski definition) is 2. The van der Waals surface area contributed by atoms with Gasteiger partial charge in [-0.1, -0.05) is 28.1 Å². The number of imidazole rings is 1. The number of hydrogen-bond donors (Lipinski definition) is 3. The highest BCUT2D eigenvalue weighted by Gasteiger charge is 2.14. The summed E-state index contributed by atoms with van der Waals surface area (Å²) in [5, 5.41) is 0. The first-order valence-electron chi connectivity index (χ1n) is 5.97. The third-order valence-corrected chi connectivity index (χ3v) is 3.88. The zero-order valence-corrected chi connectivity index (χ0v) is 11.9. The summed E-state index contributed by atoms with van der Waals surface area (Å²) in [6.45, 7) is 0. The van der Waals surface area contributed by atoms with E-state index in [-0.39, 0.29) is 11.5 Å². The van der Waals surface area contributed by atoms with E-state index in [0.29, 0.717) is 11.0 Å². The minimum atomic E-state index is -0.409. The molecule has 0 aliphatic rings. The summed E-state index contributed by atoms with van der Waals surface area (Å²) >= 11 is 3.45. The maximum atomic E-state index is 12.9. The highest BCUT2D eigenvalue weighted by atomic mass is 79.9. The molecule has 1 atom stereocenters. The quantitative estimate of drug-likeness (QED) is 0.673. The van der Waals surface area contributed by atoms with Crippen LogP contribution in [0.4, 0.5) is 4.39 Å². The molecule has 0 bridgehead atoms. The van der Waals surface area contributed by atoms with E-state index in [1.807, 2.05) is 6.07 Å². The molecule has 6 heteroatoms. The number of fused-ring (bicyclic) bond motifs is 1. The number of benzene rings is 2. The number of nitrogens with two attached hydrogens (primary N) is 1. The van der Waals surface area contributed by atoms with Crippen LogP contribution in [0, 0.1) is 5.82 Å². The molecule has 102 valence electrons. The van der Waals surface area contributed by atoms with Gasteiger partial charge in [-0.2, -0.15) is 0 Å². The first-order chi connectivity index (χ1) is 9.54. The Morgan fingerprint density at radius 3 is 2.35 bits per heavy atom. The summed E-state index contributed by atoms with van der Waals surface area (Å²) < 4.78 is 13.7. The van der Waals surface area contributed by atoms with Crippen LogP contribution in [-0.4, -0.2) is 9.97 Å². The van der Waals surface area contributed by atoms with Gasteiger partial charge in [0.1, 0.15) is 5.82 Å². The van der Waals surface area contributed by atoms with Gasteiger partial charge < -0.3 is 15.7 Å². The predicted molar refractivity (Wildman–Crippen MR) is 79.0 cm³/mol. The van der Waals surface area contributed by atoms with Gasteiger partial charge in [0.25, 0.3) is 0 Å². The Labute approximate surface area is 121 Å². The molecule has 1 unspecified atom stereocenters. The van der Waals surface area contributed by atoms with Crippen LogP contribution in [0.5, 0.6) is 0 Å². The highest BCUT2D eigenvalue weighted by molar-refractivity contribution is 9.10. The van der Waals surface area contributed by atoms with Crippen molar-refractivity contribution in [3.63, 3.8) is 0 Å². The lowest BCUT2D eigenvalue weighted by Gasteiger charge is -2.14. The van der Waals surface area contributed by atoms with E-state index < -0.39 is 6.04 Å². The molecule has 4 N–H and O–H groups in total. The molecule has 0 spiro atoms. The Kier molecular flexibility index (Phi) is 3.19. The lowest BCUT2D eigenvalue weighted by Crippen LogP contribution is -2.12. The minimum absolute atomic E-state index is 0.264. The Morgan fingerprint density at radius 2 is 1.70 bits per heavy atom. The lowest BCUT2D eigenvalue weighted by molar-refractivity contribution is 0.626. The van der Waals surface area contributed by atoms with Crippen LogP contribution in [0.25, 0.3) is 11.0 Å². The van der Waals surface area contributed by atoms with Crippen LogP contribution >= 0.6 is 15.9 Å². The van der Waals surface area contributed by atoms with Crippen molar-refractivity contribution in [2.45, 2.75) is 6.04 Å². The number of nitrogens with one attached hydrogen (secondary N) is 2. The van der Waals surface area contributed by atoms with E-state index in [9.17, 15) is 9.18 Å². The van der Waals surface area contributed by atoms with Crippen molar-refractivity contribution in [2.24, 2.45) is 5.73 Å². The van der Waals surface area contributed by atoms with E-state index in [4.69, 9.17) is 5.73 Å². The van der Waals surface area contributed by atoms with Crippen LogP contribution in [0.3, 0.4) is 0 Å². The molecule has 0 fully saturated rings. The first kappa shape index (κ1) is 13.1. The second-order valence-corrected chi connectivity index (χ2v) is 5.38. The maximum Gasteiger partial charge on any atom is 0.323 e. The van der Waals surface area contributed by atoms with Gasteiger partial charge in [-0.3, -0.25) is 0 Å². The molecule has 0 saturated heterocycles. The van der Waals surface area contributed by atoms with Crippen molar-refractivity contribution in [3.05, 3.63) is 68.3 Å². The summed E-state index contributed by atoms with van der Waals surface area (Å²) in [5.41, 5.74) is 8.95. The van der Waals surface area contributed by atoms with Crippen molar-refractivity contribution in [2.75, 3.05) is 0 Å². The average molecular weight is 336 g/mol. The predicted octanol–water partition coefficient (Wildman–Crippen LogP) is 2.81. The monoisotopic (exact) mass is 335 g/mol. The van der Waals surface area contributed by atoms with Gasteiger partial charge in [-0.15, -0.1) is 0 Å². The summed E-state index contributed by atoms with van der Waals surface area (Å²) in [5.74, 6) is -0.301. The fraction of sp³-hybridized carbons (Fsp3) is 0.0714. The van der Waals surface area contributed by atoms with Crippen LogP contribution in [0.2, 0.25) is 0 Å². The second-order valence-electron chi connectivity index (χ2n) is 4.53. The second kappa shape index (κ2) is 4.88. The van der Waals surface area contributed by atoms with Crippen LogP contribution in [0.15, 0.2) is 45.7 Å². The van der Waals surface area contributed by atoms with E-state index >= 15 is 0 Å². The van der Waals surface area contributed by atoms with Gasteiger partial charge in [0.05, 0.1) is 17.1 Å². The molecule has 2 aromatic carbocycles. The highest BCUT2D eigenvalue weighted by Crippen LogP contribution is 2.29. The zero-order chi connectivity index (χ0) is 14.3. The van der Waals surface area contributed by atoms with Crippen LogP contribution in [-0.2, 0) is 0 Å². The van der Waals surface area contributed by atoms with Crippen molar-refractivity contribution >= 4 is 27.0 Å². The number of rotatable bonds is 2. The molecular weight excluding hydrogens is 325 g/mol. The first-order valence-corrected chi connectivity index (χ1v) is 6.76. The lowest BCUT2D eigenvalue weighted by atomic mass is 9.99. The fourth-order valence-corrected chi connectivity index (χ4v) is 2.75. The van der Waals surface area contributed by atoms with Crippen molar-refractivity contribution in [1.29, 1.82) is 0 Å². The maximum absolute atomic E-state index is 12.9. The van der Waals surface area contributed by atoms with Crippen molar-refractivity contribution in [1.82, 2.24) is 9.97 Å². The molecule has 0 aliphatic heterocycles. The summed E-state index contributed by atoms with van der Waals surface area (Å²) in [6, 6.07) is 9.25. The topological polar surface area (TPSA) is 74.7 Å². The molecule has 0 radical (unpaired) electrons. The Balaban J connectivity index is 2.10. The van der Waals surface area contributed by atoms with Gasteiger partial charge in [0.2, 0.25) is 0 Å². The molecule has 0 aliphatic carbocycles. The molecule has 4 nitrogen and oxygen atoms in total. The largest absolute Gasteiger partial charge is 0.323 e. The Morgan fingerprint density at radius 1 is 1.10 bits per heavy atom. The summed E-state index contributed by atoms with van der Waals surface area (Å²) in [6.07, 6.45) is 0. The Hall–Kier alpha value is -1.92. The molecule has 3 aromatic rings. The SMILES string of the molecule is NC(c1ccc(F)cc1)c1cc2[nH]c(=O)[nH]c2cc1Br. The van der Waals surface area contributed by atoms with Crippen LogP contribution < -0.4 is 11.4 Å². The Bertz CT molecular complexity index is 823. The molecule has 0 amide bonds. The standard InChI is InChI=1S/C14H11BrFN3O/c15-10-6-12-11(18-14(20)19-12)5-9(10)13(17)7-1-3-8(16)4-2-7/h1-6,13H,17H2,(H2,18,19,20). The number of aromatic amines is 2. The molecule has 0 saturated carbocycles. The molecule has 1 heterocycles. The smallest absolute Gasteiger partial charge is 0.320 e. The van der Waals surface area contributed by atoms with E-state index in [1.54, 1.807) is 18.2 Å². The van der Waals surface area contributed by atoms with Crippen molar-refractivity contribution < 1.29 is 4.39 Å². The van der Waals surface area contributed by atoms with Crippen LogP contribution in [0.1, 0.15) is 17.2 Å². The van der Waals surface area contributed by atoms with Gasteiger partial charge >= 0.3 is 5.69 Å². The third-order valence-electron chi connectivity index (χ3n) is 3.20.